The van der Waals surface area contributed by atoms with Gasteiger partial charge in [0.15, 0.2) is 11.8 Å². The second kappa shape index (κ2) is 10.4. The fraction of sp³-hybridized carbons (Fsp3) is 0.591. The van der Waals surface area contributed by atoms with Gasteiger partial charge in [-0.15, -0.1) is 0 Å². The number of benzene rings is 1. The smallest absolute Gasteiger partial charge is 0.226 e. The second-order valence-corrected chi connectivity index (χ2v) is 7.70. The van der Waals surface area contributed by atoms with Crippen LogP contribution in [-0.4, -0.2) is 53.8 Å². The quantitative estimate of drug-likeness (QED) is 0.436. The largest absolute Gasteiger partial charge is 0.370 e. The van der Waals surface area contributed by atoms with E-state index in [4.69, 9.17) is 14.3 Å². The number of nitrogens with one attached hydrogen (secondary N) is 1. The van der Waals surface area contributed by atoms with Gasteiger partial charge in [-0.2, -0.15) is 4.98 Å². The van der Waals surface area contributed by atoms with Gasteiger partial charge in [0.05, 0.1) is 13.2 Å². The number of guanidine groups is 1. The summed E-state index contributed by atoms with van der Waals surface area (Å²) in [6, 6.07) is 8.44. The molecule has 3 rings (SSSR count). The van der Waals surface area contributed by atoms with Crippen molar-refractivity contribution in [2.24, 2.45) is 4.99 Å². The molecular weight excluding hydrogens is 366 g/mol. The zero-order chi connectivity index (χ0) is 20.6. The third kappa shape index (κ3) is 5.79. The SMILES string of the molecule is CCNC(=NCCCc1nc(C(C)C)no1)N1CCOC(c2ccccc2C)C1. The van der Waals surface area contributed by atoms with Crippen LogP contribution in [0, 0.1) is 6.92 Å². The highest BCUT2D eigenvalue weighted by atomic mass is 16.5. The van der Waals surface area contributed by atoms with Crippen LogP contribution in [0.1, 0.15) is 62.1 Å². The Morgan fingerprint density at radius 2 is 2.17 bits per heavy atom. The van der Waals surface area contributed by atoms with Crippen LogP contribution in [0.5, 0.6) is 0 Å². The van der Waals surface area contributed by atoms with Crippen molar-refractivity contribution >= 4 is 5.96 Å². The lowest BCUT2D eigenvalue weighted by molar-refractivity contribution is -0.00832. The Morgan fingerprint density at radius 3 is 2.90 bits per heavy atom. The Bertz CT molecular complexity index is 802. The highest BCUT2D eigenvalue weighted by Crippen LogP contribution is 2.25. The summed E-state index contributed by atoms with van der Waals surface area (Å²) in [7, 11) is 0. The molecule has 2 heterocycles. The Labute approximate surface area is 173 Å². The first-order chi connectivity index (χ1) is 14.1. The number of aromatic nitrogens is 2. The highest BCUT2D eigenvalue weighted by molar-refractivity contribution is 5.80. The zero-order valence-corrected chi connectivity index (χ0v) is 18.0. The standard InChI is InChI=1S/C22H33N5O2/c1-5-23-22(24-12-8-11-20-25-21(16(2)3)26-29-20)27-13-14-28-19(15-27)18-10-7-6-9-17(18)4/h6-7,9-10,16,19H,5,8,11-15H2,1-4H3,(H,23,24). The number of aliphatic imine (C=N–C) groups is 1. The Kier molecular flexibility index (Phi) is 7.63. The molecular formula is C22H33N5O2. The lowest BCUT2D eigenvalue weighted by Crippen LogP contribution is -2.48. The number of hydrogen-bond acceptors (Lipinski definition) is 5. The molecule has 1 saturated heterocycles. The van der Waals surface area contributed by atoms with E-state index in [1.807, 2.05) is 0 Å². The zero-order valence-electron chi connectivity index (χ0n) is 18.0. The predicted molar refractivity (Wildman–Crippen MR) is 114 cm³/mol. The van der Waals surface area contributed by atoms with E-state index >= 15 is 0 Å². The summed E-state index contributed by atoms with van der Waals surface area (Å²) in [5.74, 6) is 2.70. The molecule has 0 bridgehead atoms. The van der Waals surface area contributed by atoms with Crippen molar-refractivity contribution in [3.63, 3.8) is 0 Å². The van der Waals surface area contributed by atoms with Crippen LogP contribution in [-0.2, 0) is 11.2 Å². The van der Waals surface area contributed by atoms with Crippen LogP contribution < -0.4 is 5.32 Å². The molecule has 1 N–H and O–H groups in total. The molecule has 0 radical (unpaired) electrons. The van der Waals surface area contributed by atoms with Gasteiger partial charge in [0.2, 0.25) is 5.89 Å². The summed E-state index contributed by atoms with van der Waals surface area (Å²) < 4.78 is 11.4. The topological polar surface area (TPSA) is 75.8 Å². The molecule has 1 fully saturated rings. The van der Waals surface area contributed by atoms with Gasteiger partial charge in [0, 0.05) is 32.0 Å². The first-order valence-corrected chi connectivity index (χ1v) is 10.6. The lowest BCUT2D eigenvalue weighted by Gasteiger charge is -2.35. The molecule has 1 unspecified atom stereocenters. The second-order valence-electron chi connectivity index (χ2n) is 7.70. The molecule has 1 aliphatic rings. The maximum absolute atomic E-state index is 6.06. The minimum atomic E-state index is 0.0710. The van der Waals surface area contributed by atoms with Gasteiger partial charge >= 0.3 is 0 Å². The molecule has 0 saturated carbocycles. The Balaban J connectivity index is 1.58. The van der Waals surface area contributed by atoms with E-state index in [1.54, 1.807) is 0 Å². The van der Waals surface area contributed by atoms with Gasteiger partial charge in [0.1, 0.15) is 6.10 Å². The summed E-state index contributed by atoms with van der Waals surface area (Å²) >= 11 is 0. The molecule has 1 aromatic heterocycles. The van der Waals surface area contributed by atoms with Crippen molar-refractivity contribution in [3.05, 3.63) is 47.1 Å². The molecule has 0 spiro atoms. The number of morpholine rings is 1. The van der Waals surface area contributed by atoms with Gasteiger partial charge < -0.3 is 19.5 Å². The molecule has 7 heteroatoms. The van der Waals surface area contributed by atoms with Crippen LogP contribution in [0.4, 0.5) is 0 Å². The van der Waals surface area contributed by atoms with E-state index in [2.05, 4.69) is 72.3 Å². The van der Waals surface area contributed by atoms with Crippen LogP contribution >= 0.6 is 0 Å². The molecule has 1 atom stereocenters. The van der Waals surface area contributed by atoms with E-state index in [0.717, 1.165) is 44.3 Å². The maximum Gasteiger partial charge on any atom is 0.226 e. The molecule has 7 nitrogen and oxygen atoms in total. The monoisotopic (exact) mass is 399 g/mol. The Hall–Kier alpha value is -2.41. The fourth-order valence-corrected chi connectivity index (χ4v) is 3.42. The molecule has 0 amide bonds. The molecule has 29 heavy (non-hydrogen) atoms. The van der Waals surface area contributed by atoms with E-state index in [1.165, 1.54) is 11.1 Å². The minimum absolute atomic E-state index is 0.0710. The minimum Gasteiger partial charge on any atom is -0.370 e. The van der Waals surface area contributed by atoms with Crippen molar-refractivity contribution in [2.45, 2.75) is 52.6 Å². The van der Waals surface area contributed by atoms with Crippen LogP contribution in [0.15, 0.2) is 33.8 Å². The predicted octanol–water partition coefficient (Wildman–Crippen LogP) is 3.47. The Morgan fingerprint density at radius 1 is 1.34 bits per heavy atom. The van der Waals surface area contributed by atoms with E-state index in [9.17, 15) is 0 Å². The summed E-state index contributed by atoms with van der Waals surface area (Å²) in [4.78, 5) is 11.6. The molecule has 1 aromatic carbocycles. The van der Waals surface area contributed by atoms with Crippen LogP contribution in [0.25, 0.3) is 0 Å². The van der Waals surface area contributed by atoms with E-state index in [0.29, 0.717) is 19.0 Å². The van der Waals surface area contributed by atoms with Gasteiger partial charge in [-0.05, 0) is 31.4 Å². The number of aryl methyl sites for hydroxylation is 2. The highest BCUT2D eigenvalue weighted by Gasteiger charge is 2.25. The summed E-state index contributed by atoms with van der Waals surface area (Å²) in [5.41, 5.74) is 2.52. The number of rotatable bonds is 7. The molecule has 1 aliphatic heterocycles. The maximum atomic E-state index is 6.06. The summed E-state index contributed by atoms with van der Waals surface area (Å²) in [6.07, 6.45) is 1.69. The lowest BCUT2D eigenvalue weighted by atomic mass is 10.0. The first-order valence-electron chi connectivity index (χ1n) is 10.6. The third-order valence-corrected chi connectivity index (χ3v) is 5.05. The molecule has 0 aliphatic carbocycles. The number of ether oxygens (including phenoxy) is 1. The molecule has 158 valence electrons. The van der Waals surface area contributed by atoms with Gasteiger partial charge in [-0.3, -0.25) is 4.99 Å². The van der Waals surface area contributed by atoms with Crippen molar-refractivity contribution in [1.82, 2.24) is 20.4 Å². The summed E-state index contributed by atoms with van der Waals surface area (Å²) in [6.45, 7) is 12.3. The average molecular weight is 400 g/mol. The number of nitrogens with zero attached hydrogens (tertiary/aromatic N) is 4. The van der Waals surface area contributed by atoms with E-state index in [-0.39, 0.29) is 12.0 Å². The molecule has 2 aromatic rings. The van der Waals surface area contributed by atoms with Crippen LogP contribution in [0.2, 0.25) is 0 Å². The normalized spacial score (nSPS) is 17.8. The van der Waals surface area contributed by atoms with E-state index < -0.39 is 0 Å². The van der Waals surface area contributed by atoms with Crippen molar-refractivity contribution < 1.29 is 9.26 Å². The fourth-order valence-electron chi connectivity index (χ4n) is 3.42. The average Bonchev–Trinajstić information content (AvgIpc) is 3.20. The van der Waals surface area contributed by atoms with Gasteiger partial charge in [0.25, 0.3) is 0 Å². The first kappa shape index (κ1) is 21.3. The van der Waals surface area contributed by atoms with Crippen molar-refractivity contribution in [2.75, 3.05) is 32.8 Å². The summed E-state index contributed by atoms with van der Waals surface area (Å²) in [5, 5.41) is 7.45. The van der Waals surface area contributed by atoms with Crippen molar-refractivity contribution in [1.29, 1.82) is 0 Å². The van der Waals surface area contributed by atoms with Gasteiger partial charge in [-0.1, -0.05) is 43.3 Å². The van der Waals surface area contributed by atoms with Gasteiger partial charge in [-0.25, -0.2) is 0 Å². The third-order valence-electron chi connectivity index (χ3n) is 5.05. The van der Waals surface area contributed by atoms with Crippen molar-refractivity contribution in [3.8, 4) is 0 Å². The van der Waals surface area contributed by atoms with Crippen LogP contribution in [0.3, 0.4) is 0 Å². The number of hydrogen-bond donors (Lipinski definition) is 1.